The van der Waals surface area contributed by atoms with Crippen LogP contribution in [0, 0.1) is 76.9 Å². The number of carbonyl (C=O) groups is 7. The number of ether oxygens (including phenoxy) is 2. The molecule has 0 saturated carbocycles. The molecule has 16 heteroatoms. The van der Waals surface area contributed by atoms with Gasteiger partial charge in [0.25, 0.3) is 0 Å². The first-order chi connectivity index (χ1) is 35.4. The predicted molar refractivity (Wildman–Crippen MR) is 309 cm³/mol. The maximum Gasteiger partial charge on any atom is 0.153 e. The highest BCUT2D eigenvalue weighted by molar-refractivity contribution is 7.99. The molecule has 0 amide bonds. The molecule has 6 unspecified atom stereocenters. The van der Waals surface area contributed by atoms with Crippen molar-refractivity contribution in [1.82, 2.24) is 21.3 Å². The van der Waals surface area contributed by atoms with Gasteiger partial charge in [-0.15, -0.1) is 0 Å². The Kier molecular flexibility index (Phi) is 38.0. The Morgan fingerprint density at radius 2 is 0.853 bits per heavy atom. The number of thioether (sulfide) groups is 1. The van der Waals surface area contributed by atoms with E-state index in [0.29, 0.717) is 70.6 Å². The number of nitrogens with one attached hydrogen (secondary N) is 4. The molecule has 14 nitrogen and oxygen atoms in total. The van der Waals surface area contributed by atoms with Gasteiger partial charge in [-0.05, 0) is 83.2 Å². The van der Waals surface area contributed by atoms with Crippen molar-refractivity contribution in [1.29, 1.82) is 0 Å². The Bertz CT molecular complexity index is 1510. The number of piperidine rings is 1. The fourth-order valence-electron chi connectivity index (χ4n) is 9.70. The average molecular weight is 1100 g/mol. The van der Waals surface area contributed by atoms with Gasteiger partial charge in [-0.3, -0.25) is 37.8 Å². The first-order valence-electron chi connectivity index (χ1n) is 29.1. The summed E-state index contributed by atoms with van der Waals surface area (Å²) in [6.07, 6.45) is 8.91. The number of hydrogen-bond donors (Lipinski definition) is 4. The molecule has 0 aromatic rings. The van der Waals surface area contributed by atoms with Crippen molar-refractivity contribution in [2.75, 3.05) is 95.3 Å². The molecule has 7 aliphatic heterocycles. The summed E-state index contributed by atoms with van der Waals surface area (Å²) >= 11 is 1.91. The summed E-state index contributed by atoms with van der Waals surface area (Å²) in [7, 11) is -0.728. The zero-order chi connectivity index (χ0) is 56.6. The topological polar surface area (TPSA) is 203 Å². The highest BCUT2D eigenvalue weighted by Crippen LogP contribution is 2.26. The van der Waals surface area contributed by atoms with Crippen molar-refractivity contribution in [3.8, 4) is 0 Å². The van der Waals surface area contributed by atoms with Crippen molar-refractivity contribution in [3.05, 3.63) is 0 Å². The Hall–Kier alpha value is -2.05. The second-order valence-electron chi connectivity index (χ2n) is 23.5. The lowest BCUT2D eigenvalue weighted by Gasteiger charge is -2.24. The quantitative estimate of drug-likeness (QED) is 0.130. The minimum atomic E-state index is -0.728. The second-order valence-corrected chi connectivity index (χ2v) is 26.3. The number of ketones is 7. The Morgan fingerprint density at radius 3 is 1.28 bits per heavy atom. The summed E-state index contributed by atoms with van der Waals surface area (Å²) < 4.78 is 21.4. The zero-order valence-corrected chi connectivity index (χ0v) is 51.1. The molecule has 4 N–H and O–H groups in total. The van der Waals surface area contributed by atoms with Crippen LogP contribution in [0.1, 0.15) is 155 Å². The summed E-state index contributed by atoms with van der Waals surface area (Å²) in [5.41, 5.74) is 0. The highest BCUT2D eigenvalue weighted by atomic mass is 32.2. The molecule has 0 bridgehead atoms. The summed E-state index contributed by atoms with van der Waals surface area (Å²) in [6.45, 7) is 37.0. The molecule has 0 radical (unpaired) electrons. The number of piperazine rings is 1. The van der Waals surface area contributed by atoms with Crippen LogP contribution in [0.2, 0.25) is 0 Å². The number of Topliss-reactive ketones (excluding diaryl/α,β-unsaturated/α-hetero) is 7. The lowest BCUT2D eigenvalue weighted by Crippen LogP contribution is -2.53. The van der Waals surface area contributed by atoms with Gasteiger partial charge < -0.3 is 30.7 Å². The maximum absolute atomic E-state index is 11.5. The van der Waals surface area contributed by atoms with Crippen LogP contribution in [0.4, 0.5) is 0 Å². The normalized spacial score (nSPS) is 25.0. The standard InChI is InChI=1S/C9H17NO.C9H16O2S.C9H16O2.C8H16N2O.C8H15NO.C8H14O2.C8H14OS/c1-7(2)9(11)8-3-5-10-6-4-8;1-7(2)9(10)8-4-3-5-12(11)6-8;1-7(2)9(10)8-3-5-11-6-4-8;1-6(2)8(11)7-5-9-3-4-10-7;1-6(2)8(10)7-3-4-9-5-7;2*1-6(2)8(9)7-3-4-10-5-7/h7-8,10H,3-6H2,1-2H3;7-8H,3-6H2,1-2H3;7-8H,3-6H2,1-2H3;6-7,9-10H,3-5H2,1-2H3;6-7,9H,3-5H2,1-2H3;2*6-7H,3-5H2,1-2H3. The molecule has 7 fully saturated rings. The third kappa shape index (κ3) is 29.7. The SMILES string of the molecule is CC(C)C(=O)C1CCCS(=O)C1.CC(C)C(=O)C1CCNC1.CC(C)C(=O)C1CCNCC1.CC(C)C(=O)C1CCOC1.CC(C)C(=O)C1CCOCC1.CC(C)C(=O)C1CCSC1.CC(C)C(=O)C1CNCCN1. The fourth-order valence-corrected chi connectivity index (χ4v) is 12.4. The fraction of sp³-hybridized carbons (Fsp3) is 0.881. The van der Waals surface area contributed by atoms with Crippen LogP contribution in [0.5, 0.6) is 0 Å². The van der Waals surface area contributed by atoms with Gasteiger partial charge in [0.1, 0.15) is 34.7 Å². The lowest BCUT2D eigenvalue weighted by molar-refractivity contribution is -0.129. The highest BCUT2D eigenvalue weighted by Gasteiger charge is 2.29. The second kappa shape index (κ2) is 40.2. The first-order valence-corrected chi connectivity index (χ1v) is 31.7. The molecule has 7 aliphatic rings. The zero-order valence-electron chi connectivity index (χ0n) is 49.5. The van der Waals surface area contributed by atoms with Crippen LogP contribution < -0.4 is 21.3 Å². The van der Waals surface area contributed by atoms with Crippen molar-refractivity contribution in [3.63, 3.8) is 0 Å². The number of hydrogen-bond acceptors (Lipinski definition) is 15. The number of rotatable bonds is 14. The molecule has 7 saturated heterocycles. The largest absolute Gasteiger partial charge is 0.381 e. The monoisotopic (exact) mass is 1100 g/mol. The molecule has 7 rings (SSSR count). The average Bonchev–Trinajstić information content (AvgIpc) is 4.25. The Labute approximate surface area is 462 Å². The summed E-state index contributed by atoms with van der Waals surface area (Å²) in [5.74, 6) is 9.24. The summed E-state index contributed by atoms with van der Waals surface area (Å²) in [4.78, 5) is 79.7. The maximum atomic E-state index is 11.5. The van der Waals surface area contributed by atoms with Crippen LogP contribution >= 0.6 is 11.8 Å². The Morgan fingerprint density at radius 1 is 0.427 bits per heavy atom. The minimum absolute atomic E-state index is 0.0451. The van der Waals surface area contributed by atoms with E-state index in [1.54, 1.807) is 0 Å². The van der Waals surface area contributed by atoms with E-state index in [-0.39, 0.29) is 65.2 Å². The van der Waals surface area contributed by atoms with Crippen LogP contribution in [-0.2, 0) is 53.8 Å². The lowest BCUT2D eigenvalue weighted by atomic mass is 9.88. The van der Waals surface area contributed by atoms with Crippen LogP contribution in [-0.4, -0.2) is 146 Å². The van der Waals surface area contributed by atoms with E-state index < -0.39 is 10.8 Å². The van der Waals surface area contributed by atoms with Crippen LogP contribution in [0.3, 0.4) is 0 Å². The van der Waals surface area contributed by atoms with E-state index in [4.69, 9.17) is 9.47 Å². The van der Waals surface area contributed by atoms with E-state index in [9.17, 15) is 37.8 Å². The van der Waals surface area contributed by atoms with Crippen molar-refractivity contribution in [2.24, 2.45) is 76.9 Å². The molecule has 436 valence electrons. The molecule has 6 atom stereocenters. The van der Waals surface area contributed by atoms with Gasteiger partial charge in [0, 0.05) is 151 Å². The van der Waals surface area contributed by atoms with E-state index in [1.807, 2.05) is 109 Å². The van der Waals surface area contributed by atoms with Gasteiger partial charge in [0.15, 0.2) is 5.78 Å². The number of carbonyl (C=O) groups excluding carboxylic acids is 7. The smallest absolute Gasteiger partial charge is 0.153 e. The van der Waals surface area contributed by atoms with Crippen molar-refractivity contribution in [2.45, 2.75) is 161 Å². The molecule has 0 spiro atoms. The Balaban J connectivity index is 0.000000438. The van der Waals surface area contributed by atoms with E-state index >= 15 is 0 Å². The van der Waals surface area contributed by atoms with Crippen LogP contribution in [0.25, 0.3) is 0 Å². The predicted octanol–water partition coefficient (Wildman–Crippen LogP) is 8.03. The summed E-state index contributed by atoms with van der Waals surface area (Å²) in [5, 5.41) is 12.8. The minimum Gasteiger partial charge on any atom is -0.381 e. The molecule has 0 aromatic heterocycles. The van der Waals surface area contributed by atoms with Gasteiger partial charge in [0.05, 0.1) is 12.6 Å². The van der Waals surface area contributed by atoms with Gasteiger partial charge >= 0.3 is 0 Å². The third-order valence-corrected chi connectivity index (χ3v) is 17.3. The third-order valence-electron chi connectivity index (χ3n) is 14.6. The molecule has 0 aliphatic carbocycles. The first kappa shape index (κ1) is 71.0. The van der Waals surface area contributed by atoms with Crippen LogP contribution in [0.15, 0.2) is 0 Å². The molecular formula is C59H108N4O10S2. The van der Waals surface area contributed by atoms with Crippen molar-refractivity contribution >= 4 is 63.0 Å². The molecule has 0 aromatic carbocycles. The van der Waals surface area contributed by atoms with Gasteiger partial charge in [0.2, 0.25) is 0 Å². The molecule has 75 heavy (non-hydrogen) atoms. The van der Waals surface area contributed by atoms with Gasteiger partial charge in [-0.25, -0.2) is 0 Å². The van der Waals surface area contributed by atoms with Gasteiger partial charge in [-0.1, -0.05) is 96.9 Å². The molecule has 7 heterocycles. The molecular weight excluding hydrogens is 989 g/mol. The van der Waals surface area contributed by atoms with E-state index in [0.717, 1.165) is 135 Å². The van der Waals surface area contributed by atoms with E-state index in [2.05, 4.69) is 21.3 Å². The van der Waals surface area contributed by atoms with E-state index in [1.165, 1.54) is 5.75 Å². The van der Waals surface area contributed by atoms with Gasteiger partial charge in [-0.2, -0.15) is 11.8 Å². The van der Waals surface area contributed by atoms with Crippen molar-refractivity contribution < 1.29 is 47.2 Å². The summed E-state index contributed by atoms with van der Waals surface area (Å²) in [6, 6.07) is 0.0451.